The molecule has 17 heteroatoms. The number of halogens is 2. The van der Waals surface area contributed by atoms with Gasteiger partial charge >= 0.3 is 30.9 Å². The van der Waals surface area contributed by atoms with Crippen molar-refractivity contribution < 1.29 is 52.6 Å². The Morgan fingerprint density at radius 3 is 2.56 bits per heavy atom. The Bertz CT molecular complexity index is 1440. The van der Waals surface area contributed by atoms with E-state index < -0.39 is 89.3 Å². The van der Waals surface area contributed by atoms with E-state index in [0.717, 1.165) is 12.3 Å². The van der Waals surface area contributed by atoms with Crippen molar-refractivity contribution in [1.29, 1.82) is 0 Å². The molecule has 1 unspecified atom stereocenters. The topological polar surface area (TPSA) is 199 Å². The number of piperazine rings is 1. The van der Waals surface area contributed by atoms with E-state index in [2.05, 4.69) is 15.6 Å². The Morgan fingerprint density at radius 2 is 1.93 bits per heavy atom. The lowest BCUT2D eigenvalue weighted by Crippen LogP contribution is -2.63. The molecule has 0 radical (unpaired) electrons. The molecule has 2 aliphatic heterocycles. The molecule has 0 bridgehead atoms. The van der Waals surface area contributed by atoms with Gasteiger partial charge in [-0.1, -0.05) is 6.07 Å². The minimum atomic E-state index is -1.95. The number of nitrogens with one attached hydrogen (secondary N) is 2. The van der Waals surface area contributed by atoms with Crippen LogP contribution in [0.25, 0.3) is 0 Å². The van der Waals surface area contributed by atoms with Crippen LogP contribution in [0.3, 0.4) is 0 Å². The summed E-state index contributed by atoms with van der Waals surface area (Å²) in [6.45, 7) is 3.37. The van der Waals surface area contributed by atoms with Gasteiger partial charge in [0.2, 0.25) is 5.91 Å². The maximum atomic E-state index is 14.8. The second kappa shape index (κ2) is 11.4. The molecule has 1 saturated heterocycles. The van der Waals surface area contributed by atoms with E-state index in [1.165, 1.54) is 17.9 Å². The molecule has 2 aromatic rings. The van der Waals surface area contributed by atoms with Crippen LogP contribution in [0.2, 0.25) is 0 Å². The molecule has 5 amide bonds. The molecule has 0 aliphatic carbocycles. The number of hydrogen-bond acceptors (Lipinski definition) is 9. The minimum Gasteiger partial charge on any atom is -0.534 e. The Balaban J connectivity index is 1.61. The summed E-state index contributed by atoms with van der Waals surface area (Å²) in [5.41, 5.74) is -1.36. The number of nitrogens with zero attached hydrogens (tertiary/aromatic N) is 3. The standard InChI is InChI=1S/C24H24BF2N5O9/c1-3-31-9-10(2)32(22(36)21(31)35)24(39)30-18(17-14(27)7-12(33)8-28-17)20(34)29-15-6-11-4-5-13(26)16(23(37)38)19(11)41-25(15)40/h4-5,7-8,10,15,18,33,40H,3,6,9H2,1-2H3,(H,29,34)(H,30,39)(H,37,38)/t10-,15-,18?/m0/s1. The summed E-state index contributed by atoms with van der Waals surface area (Å²) in [7, 11) is -1.89. The zero-order chi connectivity index (χ0) is 30.2. The van der Waals surface area contributed by atoms with Gasteiger partial charge in [-0.3, -0.25) is 24.3 Å². The van der Waals surface area contributed by atoms with Gasteiger partial charge in [-0.05, 0) is 31.9 Å². The van der Waals surface area contributed by atoms with Crippen LogP contribution in [0.4, 0.5) is 13.6 Å². The van der Waals surface area contributed by atoms with Crippen molar-refractivity contribution in [2.45, 2.75) is 38.3 Å². The lowest BCUT2D eigenvalue weighted by atomic mass is 9.72. The number of benzene rings is 1. The molecular formula is C24H24BF2N5O9. The lowest BCUT2D eigenvalue weighted by Gasteiger charge is -2.37. The average molecular weight is 575 g/mol. The van der Waals surface area contributed by atoms with E-state index in [-0.39, 0.29) is 25.1 Å². The van der Waals surface area contributed by atoms with Crippen molar-refractivity contribution in [3.05, 3.63) is 52.9 Å². The second-order valence-corrected chi connectivity index (χ2v) is 9.35. The van der Waals surface area contributed by atoms with Crippen LogP contribution >= 0.6 is 0 Å². The molecule has 1 aromatic heterocycles. The average Bonchev–Trinajstić information content (AvgIpc) is 2.90. The van der Waals surface area contributed by atoms with Crippen molar-refractivity contribution in [2.24, 2.45) is 0 Å². The van der Waals surface area contributed by atoms with Gasteiger partial charge < -0.3 is 35.4 Å². The summed E-state index contributed by atoms with van der Waals surface area (Å²) in [6, 6.07) is -1.27. The molecule has 0 spiro atoms. The number of carbonyl (C=O) groups excluding carboxylic acids is 4. The Kier molecular flexibility index (Phi) is 8.09. The van der Waals surface area contributed by atoms with E-state index in [1.807, 2.05) is 0 Å². The molecule has 2 aliphatic rings. The first kappa shape index (κ1) is 29.2. The predicted molar refractivity (Wildman–Crippen MR) is 133 cm³/mol. The molecule has 41 heavy (non-hydrogen) atoms. The highest BCUT2D eigenvalue weighted by Crippen LogP contribution is 2.32. The smallest absolute Gasteiger partial charge is 0.534 e. The van der Waals surface area contributed by atoms with Gasteiger partial charge in [0.25, 0.3) is 0 Å². The zero-order valence-corrected chi connectivity index (χ0v) is 21.6. The second-order valence-electron chi connectivity index (χ2n) is 9.35. The quantitative estimate of drug-likeness (QED) is 0.226. The number of rotatable bonds is 6. The number of fused-ring (bicyclic) bond motifs is 1. The lowest BCUT2D eigenvalue weighted by molar-refractivity contribution is -0.155. The molecular weight excluding hydrogens is 551 g/mol. The van der Waals surface area contributed by atoms with Crippen molar-refractivity contribution >= 4 is 36.8 Å². The van der Waals surface area contributed by atoms with Crippen LogP contribution in [-0.2, 0) is 20.8 Å². The third kappa shape index (κ3) is 5.61. The summed E-state index contributed by atoms with van der Waals surface area (Å²) in [4.78, 5) is 68.5. The van der Waals surface area contributed by atoms with E-state index in [0.29, 0.717) is 11.0 Å². The number of likely N-dealkylation sites (N-methyl/N-ethyl adjacent to an activating group) is 1. The van der Waals surface area contributed by atoms with Crippen LogP contribution in [0.15, 0.2) is 24.4 Å². The van der Waals surface area contributed by atoms with Crippen molar-refractivity contribution in [2.75, 3.05) is 13.1 Å². The zero-order valence-electron chi connectivity index (χ0n) is 21.6. The van der Waals surface area contributed by atoms with Crippen LogP contribution in [-0.4, -0.2) is 91.9 Å². The van der Waals surface area contributed by atoms with E-state index >= 15 is 0 Å². The number of hydrogen-bond donors (Lipinski definition) is 5. The summed E-state index contributed by atoms with van der Waals surface area (Å²) >= 11 is 0. The molecule has 1 fully saturated rings. The molecule has 0 saturated carbocycles. The van der Waals surface area contributed by atoms with Gasteiger partial charge in [0.1, 0.15) is 28.6 Å². The molecule has 1 aromatic carbocycles. The van der Waals surface area contributed by atoms with Crippen LogP contribution in [0, 0.1) is 11.6 Å². The highest BCUT2D eigenvalue weighted by molar-refractivity contribution is 6.47. The molecule has 3 heterocycles. The number of pyridine rings is 1. The number of imide groups is 1. The third-order valence-corrected chi connectivity index (χ3v) is 6.63. The summed E-state index contributed by atoms with van der Waals surface area (Å²) < 4.78 is 34.1. The monoisotopic (exact) mass is 575 g/mol. The predicted octanol–water partition coefficient (Wildman–Crippen LogP) is -0.267. The van der Waals surface area contributed by atoms with E-state index in [1.54, 1.807) is 6.92 Å². The minimum absolute atomic E-state index is 0.0150. The van der Waals surface area contributed by atoms with E-state index in [4.69, 9.17) is 4.65 Å². The number of amides is 5. The number of aromatic nitrogens is 1. The molecule has 4 rings (SSSR count). The Hall–Kier alpha value is -4.80. The largest absolute Gasteiger partial charge is 0.547 e. The first-order valence-electron chi connectivity index (χ1n) is 12.3. The molecule has 3 atom stereocenters. The van der Waals surface area contributed by atoms with E-state index in [9.17, 15) is 48.0 Å². The Morgan fingerprint density at radius 1 is 1.22 bits per heavy atom. The SMILES string of the molecule is CCN1C[C@H](C)N(C(=O)NC(C(=O)N[C@H]2Cc3ccc(F)c(C(=O)O)c3OB2O)c2ncc(O)cc2F)C(=O)C1=O. The number of carboxylic acids is 1. The fourth-order valence-corrected chi connectivity index (χ4v) is 4.61. The van der Waals surface area contributed by atoms with Gasteiger partial charge in [0, 0.05) is 19.2 Å². The number of carboxylic acid groups (broad SMARTS) is 1. The fourth-order valence-electron chi connectivity index (χ4n) is 4.61. The number of urea groups is 1. The number of aromatic hydroxyl groups is 1. The van der Waals surface area contributed by atoms with Crippen LogP contribution in [0.1, 0.15) is 41.5 Å². The maximum absolute atomic E-state index is 14.8. The number of aromatic carboxylic acids is 1. The first-order chi connectivity index (χ1) is 19.3. The summed E-state index contributed by atoms with van der Waals surface area (Å²) in [6.07, 6.45) is 0.552. The highest BCUT2D eigenvalue weighted by atomic mass is 19.1. The van der Waals surface area contributed by atoms with Gasteiger partial charge in [-0.25, -0.2) is 18.4 Å². The highest BCUT2D eigenvalue weighted by Gasteiger charge is 2.43. The first-order valence-corrected chi connectivity index (χ1v) is 12.3. The van der Waals surface area contributed by atoms with Crippen molar-refractivity contribution in [3.63, 3.8) is 0 Å². The molecule has 216 valence electrons. The van der Waals surface area contributed by atoms with Crippen molar-refractivity contribution in [3.8, 4) is 11.5 Å². The third-order valence-electron chi connectivity index (χ3n) is 6.63. The van der Waals surface area contributed by atoms with Gasteiger partial charge in [0.15, 0.2) is 11.9 Å². The molecule has 5 N–H and O–H groups in total. The van der Waals surface area contributed by atoms with Crippen LogP contribution < -0.4 is 15.3 Å². The van der Waals surface area contributed by atoms with Gasteiger partial charge in [0.05, 0.1) is 18.2 Å². The van der Waals surface area contributed by atoms with Crippen LogP contribution in [0.5, 0.6) is 11.5 Å². The van der Waals surface area contributed by atoms with Gasteiger partial charge in [-0.2, -0.15) is 0 Å². The maximum Gasteiger partial charge on any atom is 0.547 e. The van der Waals surface area contributed by atoms with Crippen molar-refractivity contribution in [1.82, 2.24) is 25.4 Å². The fraction of sp³-hybridized carbons (Fsp3) is 0.333. The summed E-state index contributed by atoms with van der Waals surface area (Å²) in [5.74, 6) is -9.54. The summed E-state index contributed by atoms with van der Waals surface area (Å²) in [5, 5.41) is 33.9. The molecule has 14 nitrogen and oxygen atoms in total. The Labute approximate surface area is 231 Å². The number of carbonyl (C=O) groups is 5. The normalized spacial score (nSPS) is 19.3. The van der Waals surface area contributed by atoms with Gasteiger partial charge in [-0.15, -0.1) is 0 Å².